The number of nitrogens with zero attached hydrogens (tertiary/aromatic N) is 2. The Kier molecular flexibility index (Phi) is 4.70. The molecule has 0 atom stereocenters. The summed E-state index contributed by atoms with van der Waals surface area (Å²) < 4.78 is 5.46. The molecule has 2 heterocycles. The molecule has 0 unspecified atom stereocenters. The third-order valence-corrected chi connectivity index (χ3v) is 3.18. The molecule has 2 rings (SSSR count). The lowest BCUT2D eigenvalue weighted by Crippen LogP contribution is -2.41. The van der Waals surface area contributed by atoms with E-state index < -0.39 is 0 Å². The predicted octanol–water partition coefficient (Wildman–Crippen LogP) is 0.277. The number of amides is 1. The van der Waals surface area contributed by atoms with Crippen LogP contribution in [0.1, 0.15) is 23.3 Å². The van der Waals surface area contributed by atoms with Crippen LogP contribution in [-0.4, -0.2) is 53.3 Å². The van der Waals surface area contributed by atoms with Crippen molar-refractivity contribution in [1.29, 1.82) is 0 Å². The number of likely N-dealkylation sites (tertiary alicyclic amines) is 1. The van der Waals surface area contributed by atoms with Crippen molar-refractivity contribution in [1.82, 2.24) is 9.88 Å². The lowest BCUT2D eigenvalue weighted by molar-refractivity contribution is -0.00564. The first-order chi connectivity index (χ1) is 9.20. The van der Waals surface area contributed by atoms with E-state index in [9.17, 15) is 4.79 Å². The number of anilines is 1. The molecule has 1 aliphatic heterocycles. The smallest absolute Gasteiger partial charge is 0.272 e. The first-order valence-corrected chi connectivity index (χ1v) is 6.44. The predicted molar refractivity (Wildman–Crippen MR) is 70.6 cm³/mol. The summed E-state index contributed by atoms with van der Waals surface area (Å²) in [5.41, 5.74) is 6.51. The molecule has 19 heavy (non-hydrogen) atoms. The van der Waals surface area contributed by atoms with E-state index in [2.05, 4.69) is 4.98 Å². The van der Waals surface area contributed by atoms with Gasteiger partial charge in [0.2, 0.25) is 0 Å². The van der Waals surface area contributed by atoms with Gasteiger partial charge in [-0.1, -0.05) is 0 Å². The van der Waals surface area contributed by atoms with E-state index in [1.54, 1.807) is 17.0 Å². The second-order valence-electron chi connectivity index (χ2n) is 4.56. The third-order valence-electron chi connectivity index (χ3n) is 3.18. The summed E-state index contributed by atoms with van der Waals surface area (Å²) in [5, 5.41) is 8.70. The number of carbonyl (C=O) groups is 1. The van der Waals surface area contributed by atoms with Gasteiger partial charge in [0.25, 0.3) is 5.91 Å². The molecule has 1 amide bonds. The lowest BCUT2D eigenvalue weighted by Gasteiger charge is -2.31. The summed E-state index contributed by atoms with van der Waals surface area (Å²) in [6.07, 6.45) is 3.21. The van der Waals surface area contributed by atoms with Gasteiger partial charge in [-0.3, -0.25) is 4.79 Å². The highest BCUT2D eigenvalue weighted by molar-refractivity contribution is 5.92. The van der Waals surface area contributed by atoms with Crippen LogP contribution in [0.25, 0.3) is 0 Å². The molecule has 1 aromatic heterocycles. The molecule has 104 valence electrons. The van der Waals surface area contributed by atoms with Crippen LogP contribution in [0.15, 0.2) is 18.3 Å². The molecule has 1 saturated heterocycles. The number of aromatic nitrogens is 1. The van der Waals surface area contributed by atoms with Crippen molar-refractivity contribution < 1.29 is 14.6 Å². The van der Waals surface area contributed by atoms with Gasteiger partial charge in [0.15, 0.2) is 0 Å². The van der Waals surface area contributed by atoms with Gasteiger partial charge in [0.05, 0.1) is 31.2 Å². The van der Waals surface area contributed by atoms with E-state index in [-0.39, 0.29) is 18.6 Å². The molecule has 6 heteroatoms. The Bertz CT molecular complexity index is 414. The zero-order chi connectivity index (χ0) is 13.7. The van der Waals surface area contributed by atoms with Gasteiger partial charge in [0, 0.05) is 13.1 Å². The average Bonchev–Trinajstić information content (AvgIpc) is 2.46. The highest BCUT2D eigenvalue weighted by Gasteiger charge is 2.24. The number of piperidine rings is 1. The van der Waals surface area contributed by atoms with Crippen LogP contribution in [0.5, 0.6) is 0 Å². The number of hydrogen-bond donors (Lipinski definition) is 2. The Hall–Kier alpha value is -1.66. The van der Waals surface area contributed by atoms with Crippen molar-refractivity contribution >= 4 is 11.6 Å². The molecule has 1 fully saturated rings. The van der Waals surface area contributed by atoms with Crippen LogP contribution in [0.4, 0.5) is 5.69 Å². The normalized spacial score (nSPS) is 16.6. The third kappa shape index (κ3) is 3.65. The highest BCUT2D eigenvalue weighted by atomic mass is 16.5. The number of carbonyl (C=O) groups excluding carboxylic acids is 1. The van der Waals surface area contributed by atoms with Gasteiger partial charge >= 0.3 is 0 Å². The number of rotatable bonds is 4. The average molecular weight is 265 g/mol. The second-order valence-corrected chi connectivity index (χ2v) is 4.56. The maximum absolute atomic E-state index is 12.2. The first kappa shape index (κ1) is 13.8. The largest absolute Gasteiger partial charge is 0.397 e. The maximum Gasteiger partial charge on any atom is 0.272 e. The molecule has 3 N–H and O–H groups in total. The lowest BCUT2D eigenvalue weighted by atomic mass is 10.1. The summed E-state index contributed by atoms with van der Waals surface area (Å²) in [6.45, 7) is 1.70. The SMILES string of the molecule is Nc1ccc(C(=O)N2CCC(OCCO)CC2)nc1. The quantitative estimate of drug-likeness (QED) is 0.816. The number of ether oxygens (including phenoxy) is 1. The minimum atomic E-state index is -0.0689. The Morgan fingerprint density at radius 2 is 2.21 bits per heavy atom. The Morgan fingerprint density at radius 1 is 1.47 bits per heavy atom. The molecule has 0 radical (unpaired) electrons. The maximum atomic E-state index is 12.2. The van der Waals surface area contributed by atoms with Gasteiger partial charge in [-0.15, -0.1) is 0 Å². The van der Waals surface area contributed by atoms with Crippen molar-refractivity contribution in [3.05, 3.63) is 24.0 Å². The standard InChI is InChI=1S/C13H19N3O3/c14-10-1-2-12(15-9-10)13(18)16-5-3-11(4-6-16)19-8-7-17/h1-2,9,11,17H,3-8,14H2. The summed E-state index contributed by atoms with van der Waals surface area (Å²) in [7, 11) is 0. The number of aliphatic hydroxyl groups excluding tert-OH is 1. The number of aliphatic hydroxyl groups is 1. The van der Waals surface area contributed by atoms with Crippen LogP contribution >= 0.6 is 0 Å². The van der Waals surface area contributed by atoms with E-state index in [1.165, 1.54) is 6.20 Å². The number of nitrogen functional groups attached to an aromatic ring is 1. The monoisotopic (exact) mass is 265 g/mol. The number of pyridine rings is 1. The highest BCUT2D eigenvalue weighted by Crippen LogP contribution is 2.16. The van der Waals surface area contributed by atoms with Crippen molar-refractivity contribution in [2.75, 3.05) is 32.0 Å². The summed E-state index contributed by atoms with van der Waals surface area (Å²) in [5.74, 6) is -0.0689. The van der Waals surface area contributed by atoms with Crippen molar-refractivity contribution in [2.24, 2.45) is 0 Å². The van der Waals surface area contributed by atoms with E-state index in [4.69, 9.17) is 15.6 Å². The summed E-state index contributed by atoms with van der Waals surface area (Å²) in [6, 6.07) is 3.32. The van der Waals surface area contributed by atoms with Gasteiger partial charge in [0.1, 0.15) is 5.69 Å². The fourth-order valence-corrected chi connectivity index (χ4v) is 2.14. The van der Waals surface area contributed by atoms with Crippen LogP contribution in [0, 0.1) is 0 Å². The number of hydrogen-bond acceptors (Lipinski definition) is 5. The summed E-state index contributed by atoms with van der Waals surface area (Å²) in [4.78, 5) is 18.0. The summed E-state index contributed by atoms with van der Waals surface area (Å²) >= 11 is 0. The molecule has 6 nitrogen and oxygen atoms in total. The molecule has 0 bridgehead atoms. The number of nitrogens with two attached hydrogens (primary N) is 1. The topological polar surface area (TPSA) is 88.7 Å². The molecule has 0 saturated carbocycles. The Morgan fingerprint density at radius 3 is 2.79 bits per heavy atom. The molecule has 0 aromatic carbocycles. The van der Waals surface area contributed by atoms with Crippen LogP contribution in [-0.2, 0) is 4.74 Å². The minimum Gasteiger partial charge on any atom is -0.397 e. The molecule has 0 spiro atoms. The van der Waals surface area contributed by atoms with E-state index in [0.717, 1.165) is 12.8 Å². The van der Waals surface area contributed by atoms with E-state index in [0.29, 0.717) is 31.1 Å². The Labute approximate surface area is 112 Å². The zero-order valence-corrected chi connectivity index (χ0v) is 10.8. The van der Waals surface area contributed by atoms with Gasteiger partial charge in [-0.05, 0) is 25.0 Å². The minimum absolute atomic E-state index is 0.0362. The fraction of sp³-hybridized carbons (Fsp3) is 0.538. The molecular formula is C13H19N3O3. The van der Waals surface area contributed by atoms with Crippen LogP contribution in [0.2, 0.25) is 0 Å². The first-order valence-electron chi connectivity index (χ1n) is 6.44. The van der Waals surface area contributed by atoms with Crippen LogP contribution < -0.4 is 5.73 Å². The fourth-order valence-electron chi connectivity index (χ4n) is 2.14. The van der Waals surface area contributed by atoms with E-state index in [1.807, 2.05) is 0 Å². The Balaban J connectivity index is 1.87. The van der Waals surface area contributed by atoms with Crippen LogP contribution in [0.3, 0.4) is 0 Å². The van der Waals surface area contributed by atoms with Gasteiger partial charge in [-0.25, -0.2) is 4.98 Å². The molecular weight excluding hydrogens is 246 g/mol. The van der Waals surface area contributed by atoms with Crippen molar-refractivity contribution in [3.8, 4) is 0 Å². The molecule has 1 aromatic rings. The van der Waals surface area contributed by atoms with Crippen molar-refractivity contribution in [3.63, 3.8) is 0 Å². The van der Waals surface area contributed by atoms with Gasteiger partial charge in [-0.2, -0.15) is 0 Å². The molecule has 0 aliphatic carbocycles. The van der Waals surface area contributed by atoms with Crippen molar-refractivity contribution in [2.45, 2.75) is 18.9 Å². The molecule has 1 aliphatic rings. The van der Waals surface area contributed by atoms with Gasteiger partial charge < -0.3 is 20.5 Å². The zero-order valence-electron chi connectivity index (χ0n) is 10.8. The van der Waals surface area contributed by atoms with E-state index >= 15 is 0 Å². The second kappa shape index (κ2) is 6.49.